The molecule has 3 heterocycles. The van der Waals surface area contributed by atoms with Crippen LogP contribution in [0.1, 0.15) is 42.7 Å². The molecule has 0 radical (unpaired) electrons. The summed E-state index contributed by atoms with van der Waals surface area (Å²) in [7, 11) is 0. The predicted octanol–water partition coefficient (Wildman–Crippen LogP) is 1.63. The number of hydrogen-bond acceptors (Lipinski definition) is 5. The van der Waals surface area contributed by atoms with Gasteiger partial charge in [-0.25, -0.2) is 4.98 Å². The number of anilines is 1. The van der Waals surface area contributed by atoms with E-state index in [-0.39, 0.29) is 36.1 Å². The molecule has 0 spiro atoms. The number of aromatic nitrogens is 1. The van der Waals surface area contributed by atoms with Gasteiger partial charge in [0.2, 0.25) is 11.8 Å². The van der Waals surface area contributed by atoms with Crippen molar-refractivity contribution in [1.82, 2.24) is 10.3 Å². The Bertz CT molecular complexity index is 686. The van der Waals surface area contributed by atoms with E-state index < -0.39 is 5.97 Å². The van der Waals surface area contributed by atoms with Crippen LogP contribution in [0.5, 0.6) is 0 Å². The molecule has 2 aliphatic heterocycles. The zero-order chi connectivity index (χ0) is 17.3. The average Bonchev–Trinajstić information content (AvgIpc) is 2.55. The summed E-state index contributed by atoms with van der Waals surface area (Å²) >= 11 is 0. The third-order valence-corrected chi connectivity index (χ3v) is 4.92. The fourth-order valence-corrected chi connectivity index (χ4v) is 3.44. The molecule has 1 unspecified atom stereocenters. The largest absolute Gasteiger partial charge is 0.481 e. The molecule has 2 amide bonds. The van der Waals surface area contributed by atoms with Crippen LogP contribution in [0.3, 0.4) is 0 Å². The highest BCUT2D eigenvalue weighted by Crippen LogP contribution is 2.29. The maximum absolute atomic E-state index is 12.0. The first-order chi connectivity index (χ1) is 11.5. The van der Waals surface area contributed by atoms with Crippen LogP contribution in [0.4, 0.5) is 5.82 Å². The van der Waals surface area contributed by atoms with Gasteiger partial charge in [0.25, 0.3) is 0 Å². The molecule has 2 N–H and O–H groups in total. The van der Waals surface area contributed by atoms with Crippen LogP contribution in [0.25, 0.3) is 0 Å². The third kappa shape index (κ3) is 4.10. The molecule has 8 heteroatoms. The molecule has 136 valence electrons. The van der Waals surface area contributed by atoms with Crippen molar-refractivity contribution >= 4 is 36.0 Å². The van der Waals surface area contributed by atoms with Crippen molar-refractivity contribution in [2.75, 3.05) is 18.0 Å². The highest BCUT2D eigenvalue weighted by atomic mass is 35.5. The number of amides is 2. The van der Waals surface area contributed by atoms with Crippen LogP contribution in [0.15, 0.2) is 12.3 Å². The van der Waals surface area contributed by atoms with E-state index in [2.05, 4.69) is 15.2 Å². The van der Waals surface area contributed by atoms with Crippen LogP contribution >= 0.6 is 12.4 Å². The summed E-state index contributed by atoms with van der Waals surface area (Å²) in [5.41, 5.74) is 1.82. The maximum atomic E-state index is 12.0. The minimum Gasteiger partial charge on any atom is -0.481 e. The number of carbonyl (C=O) groups excluding carboxylic acids is 2. The Morgan fingerprint density at radius 2 is 1.96 bits per heavy atom. The van der Waals surface area contributed by atoms with E-state index in [9.17, 15) is 14.4 Å². The van der Waals surface area contributed by atoms with Gasteiger partial charge in [-0.1, -0.05) is 0 Å². The van der Waals surface area contributed by atoms with Gasteiger partial charge in [-0.15, -0.1) is 12.4 Å². The molecule has 2 aliphatic rings. The fourth-order valence-electron chi connectivity index (χ4n) is 3.44. The second kappa shape index (κ2) is 7.82. The molecule has 0 saturated carbocycles. The standard InChI is InChI=1S/C17H21N3O4.ClH/c1-10-8-14(20-6-4-11(5-7-20)17(23)24)18-9-13(10)12-2-3-15(21)19-16(12)22;/h8-9,11-12H,2-7H2,1H3,(H,23,24)(H,19,21,22);1H. The number of aliphatic carboxylic acids is 1. The van der Waals surface area contributed by atoms with Gasteiger partial charge < -0.3 is 10.0 Å². The highest BCUT2D eigenvalue weighted by Gasteiger charge is 2.30. The molecular weight excluding hydrogens is 346 g/mol. The lowest BCUT2D eigenvalue weighted by molar-refractivity contribution is -0.142. The molecular formula is C17H22ClN3O4. The maximum Gasteiger partial charge on any atom is 0.306 e. The zero-order valence-electron chi connectivity index (χ0n) is 14.0. The lowest BCUT2D eigenvalue weighted by Gasteiger charge is -2.31. The Morgan fingerprint density at radius 3 is 2.52 bits per heavy atom. The smallest absolute Gasteiger partial charge is 0.306 e. The third-order valence-electron chi connectivity index (χ3n) is 4.92. The van der Waals surface area contributed by atoms with Crippen molar-refractivity contribution < 1.29 is 19.5 Å². The van der Waals surface area contributed by atoms with Gasteiger partial charge in [0.15, 0.2) is 0 Å². The lowest BCUT2D eigenvalue weighted by Crippen LogP contribution is -2.40. The van der Waals surface area contributed by atoms with E-state index in [1.54, 1.807) is 6.20 Å². The Balaban J connectivity index is 0.00000225. The number of hydrogen-bond donors (Lipinski definition) is 2. The number of aryl methyl sites for hydroxylation is 1. The van der Waals surface area contributed by atoms with Crippen molar-refractivity contribution in [2.45, 2.75) is 38.5 Å². The number of halogens is 1. The summed E-state index contributed by atoms with van der Waals surface area (Å²) in [6.45, 7) is 3.27. The lowest BCUT2D eigenvalue weighted by atomic mass is 9.89. The summed E-state index contributed by atoms with van der Waals surface area (Å²) in [5, 5.41) is 11.4. The van der Waals surface area contributed by atoms with Gasteiger partial charge in [0.1, 0.15) is 5.82 Å². The van der Waals surface area contributed by atoms with Gasteiger partial charge in [-0.3, -0.25) is 19.7 Å². The van der Waals surface area contributed by atoms with Crippen molar-refractivity contribution in [1.29, 1.82) is 0 Å². The monoisotopic (exact) mass is 367 g/mol. The number of rotatable bonds is 3. The van der Waals surface area contributed by atoms with E-state index in [4.69, 9.17) is 5.11 Å². The molecule has 1 aromatic heterocycles. The van der Waals surface area contributed by atoms with E-state index in [1.165, 1.54) is 0 Å². The summed E-state index contributed by atoms with van der Waals surface area (Å²) in [4.78, 5) is 40.9. The SMILES string of the molecule is Cc1cc(N2CCC(C(=O)O)CC2)ncc1C1CCC(=O)NC1=O.Cl. The topological polar surface area (TPSA) is 99.6 Å². The summed E-state index contributed by atoms with van der Waals surface area (Å²) in [6.07, 6.45) is 3.81. The molecule has 7 nitrogen and oxygen atoms in total. The van der Waals surface area contributed by atoms with Crippen LogP contribution in [0, 0.1) is 12.8 Å². The minimum absolute atomic E-state index is 0. The molecule has 1 aromatic rings. The molecule has 1 atom stereocenters. The Kier molecular flexibility index (Phi) is 6.00. The zero-order valence-corrected chi connectivity index (χ0v) is 14.8. The van der Waals surface area contributed by atoms with Crippen LogP contribution in [0.2, 0.25) is 0 Å². The number of nitrogens with zero attached hydrogens (tertiary/aromatic N) is 2. The van der Waals surface area contributed by atoms with Gasteiger partial charge >= 0.3 is 5.97 Å². The number of piperidine rings is 2. The highest BCUT2D eigenvalue weighted by molar-refractivity contribution is 6.01. The van der Waals surface area contributed by atoms with E-state index in [0.717, 1.165) is 16.9 Å². The first-order valence-electron chi connectivity index (χ1n) is 8.23. The number of carboxylic acid groups (broad SMARTS) is 1. The number of imide groups is 1. The van der Waals surface area contributed by atoms with Gasteiger partial charge in [0, 0.05) is 25.7 Å². The molecule has 0 bridgehead atoms. The molecule has 0 aromatic carbocycles. The second-order valence-corrected chi connectivity index (χ2v) is 6.50. The molecule has 3 rings (SSSR count). The minimum atomic E-state index is -0.730. The molecule has 2 fully saturated rings. The summed E-state index contributed by atoms with van der Waals surface area (Å²) in [5.74, 6) is -1.00. The molecule has 0 aliphatic carbocycles. The second-order valence-electron chi connectivity index (χ2n) is 6.50. The first kappa shape index (κ1) is 19.2. The summed E-state index contributed by atoms with van der Waals surface area (Å²) < 4.78 is 0. The Labute approximate surface area is 152 Å². The average molecular weight is 368 g/mol. The molecule has 25 heavy (non-hydrogen) atoms. The predicted molar refractivity (Wildman–Crippen MR) is 93.9 cm³/mol. The first-order valence-corrected chi connectivity index (χ1v) is 8.23. The number of nitrogens with one attached hydrogen (secondary N) is 1. The van der Waals surface area contributed by atoms with Gasteiger partial charge in [0.05, 0.1) is 11.8 Å². The fraction of sp³-hybridized carbons (Fsp3) is 0.529. The Hall–Kier alpha value is -2.15. The Morgan fingerprint density at radius 1 is 1.28 bits per heavy atom. The van der Waals surface area contributed by atoms with Gasteiger partial charge in [-0.2, -0.15) is 0 Å². The van der Waals surface area contributed by atoms with Crippen LogP contribution in [-0.4, -0.2) is 41.0 Å². The summed E-state index contributed by atoms with van der Waals surface area (Å²) in [6, 6.07) is 1.94. The number of carbonyl (C=O) groups is 3. The van der Waals surface area contributed by atoms with Crippen molar-refractivity contribution in [3.8, 4) is 0 Å². The number of pyridine rings is 1. The van der Waals surface area contributed by atoms with Crippen LogP contribution < -0.4 is 10.2 Å². The van der Waals surface area contributed by atoms with E-state index in [1.807, 2.05) is 13.0 Å². The van der Waals surface area contributed by atoms with E-state index in [0.29, 0.717) is 38.8 Å². The van der Waals surface area contributed by atoms with Crippen molar-refractivity contribution in [2.24, 2.45) is 5.92 Å². The van der Waals surface area contributed by atoms with E-state index >= 15 is 0 Å². The van der Waals surface area contributed by atoms with Crippen molar-refractivity contribution in [3.63, 3.8) is 0 Å². The van der Waals surface area contributed by atoms with Crippen LogP contribution in [-0.2, 0) is 14.4 Å². The normalized spacial score (nSPS) is 21.5. The van der Waals surface area contributed by atoms with Crippen molar-refractivity contribution in [3.05, 3.63) is 23.4 Å². The quantitative estimate of drug-likeness (QED) is 0.788. The van der Waals surface area contributed by atoms with Gasteiger partial charge in [-0.05, 0) is 43.4 Å². The number of carboxylic acids is 1. The molecule has 2 saturated heterocycles.